The summed E-state index contributed by atoms with van der Waals surface area (Å²) in [7, 11) is 1.95. The molecule has 0 aliphatic carbocycles. The molecule has 0 spiro atoms. The predicted molar refractivity (Wildman–Crippen MR) is 79.0 cm³/mol. The summed E-state index contributed by atoms with van der Waals surface area (Å²) in [5, 5.41) is 4.18. The summed E-state index contributed by atoms with van der Waals surface area (Å²) in [6.45, 7) is 1.16. The molecule has 3 rings (SSSR count). The standard InChI is InChI=1S/C15H20N4O2/c1-19-11(7-8-17-19)5-6-13(18-16)12-3-2-4-14-15(12)21-10-9-20-14/h2-4,7-8,13,18H,5-6,9-10,16H2,1H3. The van der Waals surface area contributed by atoms with Gasteiger partial charge in [0, 0.05) is 24.5 Å². The van der Waals surface area contributed by atoms with Gasteiger partial charge in [-0.2, -0.15) is 5.10 Å². The van der Waals surface area contributed by atoms with Crippen molar-refractivity contribution in [2.45, 2.75) is 18.9 Å². The Labute approximate surface area is 123 Å². The van der Waals surface area contributed by atoms with E-state index in [1.807, 2.05) is 42.2 Å². The van der Waals surface area contributed by atoms with Crippen LogP contribution in [-0.2, 0) is 13.5 Å². The summed E-state index contributed by atoms with van der Waals surface area (Å²) in [5.41, 5.74) is 5.10. The Morgan fingerprint density at radius 3 is 2.95 bits per heavy atom. The smallest absolute Gasteiger partial charge is 0.166 e. The molecular formula is C15H20N4O2. The Hall–Kier alpha value is -2.05. The second-order valence-corrected chi connectivity index (χ2v) is 5.08. The molecule has 2 heterocycles. The molecule has 112 valence electrons. The molecule has 1 atom stereocenters. The lowest BCUT2D eigenvalue weighted by Crippen LogP contribution is -2.29. The summed E-state index contributed by atoms with van der Waals surface area (Å²) in [6, 6.07) is 7.95. The van der Waals surface area contributed by atoms with E-state index in [0.717, 1.165) is 29.9 Å². The van der Waals surface area contributed by atoms with Crippen LogP contribution in [0.4, 0.5) is 0 Å². The van der Waals surface area contributed by atoms with Gasteiger partial charge in [-0.05, 0) is 25.0 Å². The van der Waals surface area contributed by atoms with Crippen molar-refractivity contribution in [3.8, 4) is 11.5 Å². The zero-order valence-corrected chi connectivity index (χ0v) is 12.1. The predicted octanol–water partition coefficient (Wildman–Crippen LogP) is 1.33. The molecule has 0 fully saturated rings. The average Bonchev–Trinajstić information content (AvgIpc) is 2.93. The van der Waals surface area contributed by atoms with Crippen molar-refractivity contribution in [3.05, 3.63) is 41.7 Å². The molecule has 6 nitrogen and oxygen atoms in total. The number of nitrogens with two attached hydrogens (primary N) is 1. The van der Waals surface area contributed by atoms with Crippen LogP contribution in [0.5, 0.6) is 11.5 Å². The highest BCUT2D eigenvalue weighted by Crippen LogP contribution is 2.37. The van der Waals surface area contributed by atoms with Gasteiger partial charge in [-0.3, -0.25) is 16.0 Å². The average molecular weight is 288 g/mol. The first kappa shape index (κ1) is 13.9. The third-order valence-corrected chi connectivity index (χ3v) is 3.78. The van der Waals surface area contributed by atoms with Crippen molar-refractivity contribution < 1.29 is 9.47 Å². The maximum Gasteiger partial charge on any atom is 0.166 e. The summed E-state index contributed by atoms with van der Waals surface area (Å²) < 4.78 is 13.3. The number of benzene rings is 1. The van der Waals surface area contributed by atoms with Gasteiger partial charge < -0.3 is 9.47 Å². The number of nitrogens with one attached hydrogen (secondary N) is 1. The largest absolute Gasteiger partial charge is 0.486 e. The number of rotatable bonds is 5. The van der Waals surface area contributed by atoms with Gasteiger partial charge in [-0.15, -0.1) is 0 Å². The first-order valence-electron chi connectivity index (χ1n) is 7.11. The number of nitrogens with zero attached hydrogens (tertiary/aromatic N) is 2. The highest BCUT2D eigenvalue weighted by molar-refractivity contribution is 5.48. The van der Waals surface area contributed by atoms with Crippen LogP contribution in [0.3, 0.4) is 0 Å². The lowest BCUT2D eigenvalue weighted by Gasteiger charge is -2.25. The molecule has 1 aromatic heterocycles. The van der Waals surface area contributed by atoms with Gasteiger partial charge in [0.25, 0.3) is 0 Å². The van der Waals surface area contributed by atoms with Crippen LogP contribution in [0.2, 0.25) is 0 Å². The zero-order valence-electron chi connectivity index (χ0n) is 12.1. The molecule has 1 unspecified atom stereocenters. The van der Waals surface area contributed by atoms with Gasteiger partial charge in [0.05, 0.1) is 6.04 Å². The van der Waals surface area contributed by atoms with E-state index in [4.69, 9.17) is 15.3 Å². The van der Waals surface area contributed by atoms with Crippen molar-refractivity contribution in [2.75, 3.05) is 13.2 Å². The van der Waals surface area contributed by atoms with E-state index < -0.39 is 0 Å². The lowest BCUT2D eigenvalue weighted by molar-refractivity contribution is 0.168. The SMILES string of the molecule is Cn1nccc1CCC(NN)c1cccc2c1OCCO2. The van der Waals surface area contributed by atoms with E-state index in [-0.39, 0.29) is 6.04 Å². The summed E-state index contributed by atoms with van der Waals surface area (Å²) in [6.07, 6.45) is 3.55. The Morgan fingerprint density at radius 1 is 1.33 bits per heavy atom. The molecule has 0 saturated heterocycles. The first-order chi connectivity index (χ1) is 10.3. The van der Waals surface area contributed by atoms with Gasteiger partial charge in [-0.25, -0.2) is 0 Å². The topological polar surface area (TPSA) is 74.3 Å². The lowest BCUT2D eigenvalue weighted by atomic mass is 10.00. The monoisotopic (exact) mass is 288 g/mol. The highest BCUT2D eigenvalue weighted by atomic mass is 16.6. The van der Waals surface area contributed by atoms with E-state index in [1.54, 1.807) is 0 Å². The molecule has 1 aromatic carbocycles. The van der Waals surface area contributed by atoms with Gasteiger partial charge in [-0.1, -0.05) is 12.1 Å². The van der Waals surface area contributed by atoms with E-state index in [1.165, 1.54) is 5.69 Å². The fourth-order valence-corrected chi connectivity index (χ4v) is 2.64. The molecule has 0 bridgehead atoms. The second kappa shape index (κ2) is 6.15. The molecule has 6 heteroatoms. The molecule has 1 aliphatic heterocycles. The van der Waals surface area contributed by atoms with Crippen molar-refractivity contribution in [2.24, 2.45) is 12.9 Å². The normalized spacial score (nSPS) is 15.0. The van der Waals surface area contributed by atoms with E-state index in [9.17, 15) is 0 Å². The third-order valence-electron chi connectivity index (χ3n) is 3.78. The van der Waals surface area contributed by atoms with E-state index in [0.29, 0.717) is 13.2 Å². The second-order valence-electron chi connectivity index (χ2n) is 5.08. The molecule has 21 heavy (non-hydrogen) atoms. The van der Waals surface area contributed by atoms with Gasteiger partial charge in [0.1, 0.15) is 13.2 Å². The number of fused-ring (bicyclic) bond motifs is 1. The van der Waals surface area contributed by atoms with Gasteiger partial charge >= 0.3 is 0 Å². The van der Waals surface area contributed by atoms with Crippen LogP contribution in [0.25, 0.3) is 0 Å². The number of hydrogen-bond donors (Lipinski definition) is 2. The minimum atomic E-state index is 0.0107. The van der Waals surface area contributed by atoms with Crippen molar-refractivity contribution in [3.63, 3.8) is 0 Å². The number of hydrogen-bond acceptors (Lipinski definition) is 5. The molecule has 3 N–H and O–H groups in total. The Morgan fingerprint density at radius 2 is 2.19 bits per heavy atom. The van der Waals surface area contributed by atoms with Crippen LogP contribution in [0, 0.1) is 0 Å². The van der Waals surface area contributed by atoms with E-state index in [2.05, 4.69) is 10.5 Å². The highest BCUT2D eigenvalue weighted by Gasteiger charge is 2.21. The molecule has 1 aliphatic rings. The van der Waals surface area contributed by atoms with Crippen molar-refractivity contribution in [1.29, 1.82) is 0 Å². The quantitative estimate of drug-likeness (QED) is 0.641. The fraction of sp³-hybridized carbons (Fsp3) is 0.400. The Balaban J connectivity index is 1.78. The minimum absolute atomic E-state index is 0.0107. The van der Waals surface area contributed by atoms with Gasteiger partial charge in [0.2, 0.25) is 0 Å². The van der Waals surface area contributed by atoms with Crippen LogP contribution >= 0.6 is 0 Å². The van der Waals surface area contributed by atoms with Crippen LogP contribution < -0.4 is 20.7 Å². The van der Waals surface area contributed by atoms with Crippen LogP contribution in [0.1, 0.15) is 23.7 Å². The van der Waals surface area contributed by atoms with E-state index >= 15 is 0 Å². The third kappa shape index (κ3) is 2.86. The fourth-order valence-electron chi connectivity index (χ4n) is 2.64. The maximum atomic E-state index is 5.76. The van der Waals surface area contributed by atoms with Crippen molar-refractivity contribution in [1.82, 2.24) is 15.2 Å². The number of ether oxygens (including phenoxy) is 2. The zero-order chi connectivity index (χ0) is 14.7. The van der Waals surface area contributed by atoms with Gasteiger partial charge in [0.15, 0.2) is 11.5 Å². The number of para-hydroxylation sites is 1. The summed E-state index contributed by atoms with van der Waals surface area (Å²) >= 11 is 0. The minimum Gasteiger partial charge on any atom is -0.486 e. The molecule has 0 radical (unpaired) electrons. The van der Waals surface area contributed by atoms with Crippen molar-refractivity contribution >= 4 is 0 Å². The van der Waals surface area contributed by atoms with Crippen LogP contribution in [0.15, 0.2) is 30.5 Å². The molecule has 2 aromatic rings. The molecule has 0 saturated carbocycles. The van der Waals surface area contributed by atoms with Crippen LogP contribution in [-0.4, -0.2) is 23.0 Å². The Bertz CT molecular complexity index is 611. The summed E-state index contributed by atoms with van der Waals surface area (Å²) in [4.78, 5) is 0. The first-order valence-corrected chi connectivity index (χ1v) is 7.11. The summed E-state index contributed by atoms with van der Waals surface area (Å²) in [5.74, 6) is 7.34. The molecule has 0 amide bonds. The number of hydrazine groups is 1. The number of aryl methyl sites for hydroxylation is 2. The number of aromatic nitrogens is 2. The Kier molecular flexibility index (Phi) is 4.08. The maximum absolute atomic E-state index is 5.76. The molecular weight excluding hydrogens is 268 g/mol.